The molecule has 2 rings (SSSR count). The second kappa shape index (κ2) is 2.34. The van der Waals surface area contributed by atoms with Crippen LogP contribution >= 0.6 is 0 Å². The number of amides is 1. The van der Waals surface area contributed by atoms with Crippen LogP contribution in [0.15, 0.2) is 30.9 Å². The fourth-order valence-electron chi connectivity index (χ4n) is 1.09. The summed E-state index contributed by atoms with van der Waals surface area (Å²) in [5.74, 6) is -0.418. The molecule has 12 heavy (non-hydrogen) atoms. The van der Waals surface area contributed by atoms with Crippen molar-refractivity contribution >= 4 is 11.4 Å². The van der Waals surface area contributed by atoms with Crippen LogP contribution in [-0.4, -0.2) is 15.3 Å². The van der Waals surface area contributed by atoms with Gasteiger partial charge in [0.2, 0.25) is 5.91 Å². The summed E-state index contributed by atoms with van der Waals surface area (Å²) in [6.45, 7) is 0. The van der Waals surface area contributed by atoms with Crippen LogP contribution in [0.4, 0.5) is 0 Å². The molecule has 0 saturated carbocycles. The minimum atomic E-state index is -0.418. The van der Waals surface area contributed by atoms with Crippen molar-refractivity contribution < 1.29 is 4.79 Å². The van der Waals surface area contributed by atoms with E-state index in [9.17, 15) is 4.79 Å². The predicted molar refractivity (Wildman–Crippen MR) is 43.7 cm³/mol. The van der Waals surface area contributed by atoms with E-state index in [4.69, 9.17) is 5.73 Å². The van der Waals surface area contributed by atoms with Crippen LogP contribution in [0, 0.1) is 0 Å². The van der Waals surface area contributed by atoms with Gasteiger partial charge in [-0.2, -0.15) is 0 Å². The van der Waals surface area contributed by atoms with Gasteiger partial charge in [0.05, 0.1) is 11.9 Å². The van der Waals surface area contributed by atoms with E-state index < -0.39 is 5.91 Å². The highest BCUT2D eigenvalue weighted by Gasteiger charge is 2.02. The molecule has 0 saturated heterocycles. The Kier molecular flexibility index (Phi) is 1.33. The summed E-state index contributed by atoms with van der Waals surface area (Å²) in [5.41, 5.74) is 6.52. The van der Waals surface area contributed by atoms with E-state index >= 15 is 0 Å². The van der Waals surface area contributed by atoms with Crippen LogP contribution in [0.3, 0.4) is 0 Å². The van der Waals surface area contributed by atoms with Crippen molar-refractivity contribution in [3.63, 3.8) is 0 Å². The monoisotopic (exact) mass is 161 g/mol. The minimum absolute atomic E-state index is 0.418. The fourth-order valence-corrected chi connectivity index (χ4v) is 1.09. The standard InChI is InChI=1S/C8H7N3O/c9-8(12)6-3-7-1-2-10-5-11(7)4-6/h1-5H,(H2,9,12). The molecule has 0 aliphatic heterocycles. The van der Waals surface area contributed by atoms with Crippen LogP contribution in [-0.2, 0) is 0 Å². The number of rotatable bonds is 1. The number of aromatic nitrogens is 2. The van der Waals surface area contributed by atoms with Gasteiger partial charge < -0.3 is 10.1 Å². The molecule has 0 radical (unpaired) electrons. The SMILES string of the molecule is NC(=O)c1cc2ccncn2c1. The molecule has 4 heteroatoms. The molecule has 0 unspecified atom stereocenters. The Labute approximate surface area is 68.6 Å². The number of nitrogens with two attached hydrogens (primary N) is 1. The van der Waals surface area contributed by atoms with Crippen molar-refractivity contribution in [3.8, 4) is 0 Å². The second-order valence-corrected chi connectivity index (χ2v) is 2.51. The maximum Gasteiger partial charge on any atom is 0.250 e. The molecule has 0 atom stereocenters. The molecule has 4 nitrogen and oxygen atoms in total. The summed E-state index contributed by atoms with van der Waals surface area (Å²) in [4.78, 5) is 14.7. The largest absolute Gasteiger partial charge is 0.366 e. The Morgan fingerprint density at radius 3 is 3.08 bits per heavy atom. The molecule has 60 valence electrons. The maximum absolute atomic E-state index is 10.8. The average molecular weight is 161 g/mol. The molecule has 0 aliphatic carbocycles. The molecule has 2 heterocycles. The number of hydrogen-bond donors (Lipinski definition) is 1. The normalized spacial score (nSPS) is 10.3. The lowest BCUT2D eigenvalue weighted by molar-refractivity contribution is 0.100. The van der Waals surface area contributed by atoms with Crippen LogP contribution in [0.1, 0.15) is 10.4 Å². The number of hydrogen-bond acceptors (Lipinski definition) is 2. The van der Waals surface area contributed by atoms with Gasteiger partial charge in [0.15, 0.2) is 0 Å². The molecule has 1 amide bonds. The molecule has 2 aromatic heterocycles. The average Bonchev–Trinajstić information content (AvgIpc) is 2.46. The van der Waals surface area contributed by atoms with E-state index in [-0.39, 0.29) is 0 Å². The molecule has 0 bridgehead atoms. The first kappa shape index (κ1) is 6.84. The van der Waals surface area contributed by atoms with E-state index in [0.29, 0.717) is 5.56 Å². The van der Waals surface area contributed by atoms with Gasteiger partial charge in [0, 0.05) is 17.9 Å². The van der Waals surface area contributed by atoms with Gasteiger partial charge in [-0.1, -0.05) is 0 Å². The van der Waals surface area contributed by atoms with Gasteiger partial charge in [-0.25, -0.2) is 4.98 Å². The van der Waals surface area contributed by atoms with Gasteiger partial charge >= 0.3 is 0 Å². The van der Waals surface area contributed by atoms with Crippen molar-refractivity contribution in [1.29, 1.82) is 0 Å². The number of nitrogens with zero attached hydrogens (tertiary/aromatic N) is 2. The molecular weight excluding hydrogens is 154 g/mol. The van der Waals surface area contributed by atoms with Crippen LogP contribution in [0.25, 0.3) is 5.52 Å². The van der Waals surface area contributed by atoms with Gasteiger partial charge in [-0.05, 0) is 12.1 Å². The first-order valence-corrected chi connectivity index (χ1v) is 3.49. The molecule has 0 aromatic carbocycles. The van der Waals surface area contributed by atoms with Gasteiger partial charge in [0.1, 0.15) is 0 Å². The Hall–Kier alpha value is -1.84. The highest BCUT2D eigenvalue weighted by Crippen LogP contribution is 2.07. The predicted octanol–water partition coefficient (Wildman–Crippen LogP) is 0.433. The summed E-state index contributed by atoms with van der Waals surface area (Å²) < 4.78 is 1.75. The maximum atomic E-state index is 10.8. The topological polar surface area (TPSA) is 60.4 Å². The number of carbonyl (C=O) groups is 1. The van der Waals surface area contributed by atoms with E-state index in [1.54, 1.807) is 29.2 Å². The lowest BCUT2D eigenvalue weighted by Crippen LogP contribution is -2.09. The number of fused-ring (bicyclic) bond motifs is 1. The lowest BCUT2D eigenvalue weighted by atomic mass is 10.3. The highest BCUT2D eigenvalue weighted by atomic mass is 16.1. The smallest absolute Gasteiger partial charge is 0.250 e. The summed E-state index contributed by atoms with van der Waals surface area (Å²) >= 11 is 0. The zero-order valence-electron chi connectivity index (χ0n) is 6.27. The van der Waals surface area contributed by atoms with E-state index in [1.165, 1.54) is 0 Å². The van der Waals surface area contributed by atoms with Gasteiger partial charge in [0.25, 0.3) is 0 Å². The molecule has 2 aromatic rings. The lowest BCUT2D eigenvalue weighted by Gasteiger charge is -1.87. The quantitative estimate of drug-likeness (QED) is 0.659. The Morgan fingerprint density at radius 2 is 2.42 bits per heavy atom. The van der Waals surface area contributed by atoms with Crippen molar-refractivity contribution in [2.45, 2.75) is 0 Å². The van der Waals surface area contributed by atoms with Crippen molar-refractivity contribution in [1.82, 2.24) is 9.38 Å². The summed E-state index contributed by atoms with van der Waals surface area (Å²) in [7, 11) is 0. The zero-order chi connectivity index (χ0) is 8.55. The Bertz CT molecular complexity index is 400. The fraction of sp³-hybridized carbons (Fsp3) is 0. The van der Waals surface area contributed by atoms with Gasteiger partial charge in [-0.15, -0.1) is 0 Å². The third-order valence-electron chi connectivity index (χ3n) is 1.69. The van der Waals surface area contributed by atoms with Crippen LogP contribution in [0.5, 0.6) is 0 Å². The second-order valence-electron chi connectivity index (χ2n) is 2.51. The first-order chi connectivity index (χ1) is 5.77. The highest BCUT2D eigenvalue weighted by molar-refractivity contribution is 5.94. The van der Waals surface area contributed by atoms with Crippen molar-refractivity contribution in [2.24, 2.45) is 5.73 Å². The number of primary amides is 1. The minimum Gasteiger partial charge on any atom is -0.366 e. The zero-order valence-corrected chi connectivity index (χ0v) is 6.27. The summed E-state index contributed by atoms with van der Waals surface area (Å²) in [6.07, 6.45) is 4.95. The number of carbonyl (C=O) groups excluding carboxylic acids is 1. The Morgan fingerprint density at radius 1 is 1.58 bits per heavy atom. The molecular formula is C8H7N3O. The molecule has 2 N–H and O–H groups in total. The third-order valence-corrected chi connectivity index (χ3v) is 1.69. The third kappa shape index (κ3) is 0.934. The van der Waals surface area contributed by atoms with Crippen molar-refractivity contribution in [3.05, 3.63) is 36.4 Å². The van der Waals surface area contributed by atoms with Crippen LogP contribution in [0.2, 0.25) is 0 Å². The van der Waals surface area contributed by atoms with Crippen LogP contribution < -0.4 is 5.73 Å². The van der Waals surface area contributed by atoms with E-state index in [0.717, 1.165) is 5.52 Å². The Balaban J connectivity index is 2.70. The summed E-state index contributed by atoms with van der Waals surface area (Å²) in [5, 5.41) is 0. The van der Waals surface area contributed by atoms with E-state index in [2.05, 4.69) is 4.98 Å². The molecule has 0 spiro atoms. The first-order valence-electron chi connectivity index (χ1n) is 3.49. The van der Waals surface area contributed by atoms with E-state index in [1.807, 2.05) is 6.07 Å². The molecule has 0 aliphatic rings. The van der Waals surface area contributed by atoms with Gasteiger partial charge in [-0.3, -0.25) is 4.79 Å². The van der Waals surface area contributed by atoms with Crippen molar-refractivity contribution in [2.75, 3.05) is 0 Å². The molecule has 0 fully saturated rings. The summed E-state index contributed by atoms with van der Waals surface area (Å²) in [6, 6.07) is 3.54.